The first-order valence-electron chi connectivity index (χ1n) is 10.6. The maximum atomic E-state index is 13.7. The molecule has 160 valence electrons. The summed E-state index contributed by atoms with van der Waals surface area (Å²) < 4.78 is 10.8. The Morgan fingerprint density at radius 3 is 2.32 bits per heavy atom. The molecule has 1 N–H and O–H groups in total. The summed E-state index contributed by atoms with van der Waals surface area (Å²) in [6.07, 6.45) is 0.712. The van der Waals surface area contributed by atoms with Crippen LogP contribution in [0.3, 0.4) is 0 Å². The van der Waals surface area contributed by atoms with Gasteiger partial charge in [0.1, 0.15) is 18.0 Å². The summed E-state index contributed by atoms with van der Waals surface area (Å²) in [7, 11) is 1.66. The van der Waals surface area contributed by atoms with Crippen molar-refractivity contribution >= 4 is 11.6 Å². The first kappa shape index (κ1) is 20.9. The number of nitrogens with one attached hydrogen (secondary N) is 1. The van der Waals surface area contributed by atoms with Gasteiger partial charge in [0.25, 0.3) is 5.91 Å². The number of fused-ring (bicyclic) bond motifs is 1. The van der Waals surface area contributed by atoms with Gasteiger partial charge in [0.2, 0.25) is 0 Å². The molecule has 4 rings (SSSR count). The number of carbonyl (C=O) groups excluding carboxylic acids is 1. The second kappa shape index (κ2) is 9.23. The molecule has 0 saturated carbocycles. The van der Waals surface area contributed by atoms with Gasteiger partial charge in [-0.3, -0.25) is 4.79 Å². The summed E-state index contributed by atoms with van der Waals surface area (Å²) in [4.78, 5) is 15.6. The molecular formula is C26H28N2O3. The predicted molar refractivity (Wildman–Crippen MR) is 122 cm³/mol. The molecule has 0 fully saturated rings. The number of carbonyl (C=O) groups is 1. The molecule has 0 spiro atoms. The van der Waals surface area contributed by atoms with E-state index < -0.39 is 5.66 Å². The summed E-state index contributed by atoms with van der Waals surface area (Å²) in [5.41, 5.74) is 3.01. The normalized spacial score (nSPS) is 17.7. The molecule has 3 aromatic carbocycles. The van der Waals surface area contributed by atoms with Crippen molar-refractivity contribution in [1.82, 2.24) is 4.90 Å². The summed E-state index contributed by atoms with van der Waals surface area (Å²) in [6.45, 7) is 3.66. The van der Waals surface area contributed by atoms with E-state index in [0.29, 0.717) is 31.7 Å². The largest absolute Gasteiger partial charge is 0.491 e. The van der Waals surface area contributed by atoms with E-state index in [4.69, 9.17) is 9.47 Å². The van der Waals surface area contributed by atoms with Gasteiger partial charge in [-0.05, 0) is 41.8 Å². The Morgan fingerprint density at radius 1 is 0.903 bits per heavy atom. The van der Waals surface area contributed by atoms with Crippen LogP contribution < -0.4 is 10.1 Å². The lowest BCUT2D eigenvalue weighted by atomic mass is 9.89. The number of hydrogen-bond acceptors (Lipinski definition) is 4. The molecular weight excluding hydrogens is 388 g/mol. The molecule has 1 aliphatic rings. The average molecular weight is 417 g/mol. The molecule has 5 heteroatoms. The third-order valence-electron chi connectivity index (χ3n) is 5.79. The zero-order valence-corrected chi connectivity index (χ0v) is 18.0. The van der Waals surface area contributed by atoms with E-state index >= 15 is 0 Å². The van der Waals surface area contributed by atoms with Gasteiger partial charge < -0.3 is 19.7 Å². The van der Waals surface area contributed by atoms with Crippen LogP contribution in [0, 0.1) is 0 Å². The van der Waals surface area contributed by atoms with Crippen molar-refractivity contribution in [2.24, 2.45) is 0 Å². The minimum absolute atomic E-state index is 0.0282. The Balaban J connectivity index is 1.73. The van der Waals surface area contributed by atoms with Crippen LogP contribution in [0.15, 0.2) is 78.9 Å². The highest BCUT2D eigenvalue weighted by Crippen LogP contribution is 2.41. The van der Waals surface area contributed by atoms with Crippen LogP contribution in [0.2, 0.25) is 0 Å². The average Bonchev–Trinajstić information content (AvgIpc) is 2.82. The molecule has 1 amide bonds. The number of rotatable bonds is 8. The third kappa shape index (κ3) is 4.14. The molecule has 3 aromatic rings. The van der Waals surface area contributed by atoms with Gasteiger partial charge in [-0.2, -0.15) is 0 Å². The van der Waals surface area contributed by atoms with Gasteiger partial charge in [0, 0.05) is 19.3 Å². The topological polar surface area (TPSA) is 50.8 Å². The summed E-state index contributed by atoms with van der Waals surface area (Å²) in [5, 5.41) is 3.69. The van der Waals surface area contributed by atoms with Crippen LogP contribution in [0.1, 0.15) is 34.8 Å². The number of methoxy groups -OCH3 is 1. The number of hydrogen-bond donors (Lipinski definition) is 1. The first-order chi connectivity index (χ1) is 15.2. The Kier molecular flexibility index (Phi) is 6.23. The van der Waals surface area contributed by atoms with Crippen molar-refractivity contribution in [2.75, 3.05) is 25.6 Å². The van der Waals surface area contributed by atoms with Crippen molar-refractivity contribution in [2.45, 2.75) is 25.6 Å². The van der Waals surface area contributed by atoms with E-state index in [-0.39, 0.29) is 5.91 Å². The molecule has 1 heterocycles. The standard InChI is InChI=1S/C26H28N2O3/c1-3-26(21-13-15-22(16-14-21)31-18-17-30-2)27-24-12-8-7-11-23(24)25(29)28(26)19-20-9-5-4-6-10-20/h4-16,27H,3,17-19H2,1-2H3. The summed E-state index contributed by atoms with van der Waals surface area (Å²) >= 11 is 0. The maximum Gasteiger partial charge on any atom is 0.258 e. The van der Waals surface area contributed by atoms with Gasteiger partial charge >= 0.3 is 0 Å². The summed E-state index contributed by atoms with van der Waals surface area (Å²) in [6, 6.07) is 25.8. The van der Waals surface area contributed by atoms with E-state index in [1.54, 1.807) is 7.11 Å². The Labute approximate surface area is 183 Å². The first-order valence-corrected chi connectivity index (χ1v) is 10.6. The molecule has 0 aromatic heterocycles. The third-order valence-corrected chi connectivity index (χ3v) is 5.79. The van der Waals surface area contributed by atoms with Crippen LogP contribution in [-0.4, -0.2) is 31.1 Å². The number of para-hydroxylation sites is 1. The van der Waals surface area contributed by atoms with E-state index in [1.807, 2.05) is 71.6 Å². The van der Waals surface area contributed by atoms with Gasteiger partial charge in [-0.1, -0.05) is 61.5 Å². The van der Waals surface area contributed by atoms with E-state index in [0.717, 1.165) is 22.6 Å². The van der Waals surface area contributed by atoms with Crippen LogP contribution in [0.25, 0.3) is 0 Å². The molecule has 5 nitrogen and oxygen atoms in total. The monoisotopic (exact) mass is 416 g/mol. The van der Waals surface area contributed by atoms with Gasteiger partial charge in [-0.25, -0.2) is 0 Å². The Bertz CT molecular complexity index is 1020. The molecule has 1 aliphatic heterocycles. The highest BCUT2D eigenvalue weighted by atomic mass is 16.5. The van der Waals surface area contributed by atoms with Crippen LogP contribution in [0.5, 0.6) is 5.75 Å². The Morgan fingerprint density at radius 2 is 1.61 bits per heavy atom. The SMILES string of the molecule is CCC1(c2ccc(OCCOC)cc2)Nc2ccccc2C(=O)N1Cc1ccccc1. The smallest absolute Gasteiger partial charge is 0.258 e. The second-order valence-electron chi connectivity index (χ2n) is 7.63. The van der Waals surface area contributed by atoms with Crippen molar-refractivity contribution in [3.63, 3.8) is 0 Å². The fourth-order valence-corrected chi connectivity index (χ4v) is 4.14. The maximum absolute atomic E-state index is 13.7. The van der Waals surface area contributed by atoms with Gasteiger partial charge in [-0.15, -0.1) is 0 Å². The van der Waals surface area contributed by atoms with E-state index in [1.165, 1.54) is 0 Å². The minimum Gasteiger partial charge on any atom is -0.491 e. The zero-order valence-electron chi connectivity index (χ0n) is 18.0. The molecule has 1 unspecified atom stereocenters. The minimum atomic E-state index is -0.660. The number of nitrogens with zero attached hydrogens (tertiary/aromatic N) is 1. The van der Waals surface area contributed by atoms with Crippen molar-refractivity contribution in [3.8, 4) is 5.75 Å². The van der Waals surface area contributed by atoms with Crippen molar-refractivity contribution in [3.05, 3.63) is 95.6 Å². The molecule has 0 saturated heterocycles. The highest BCUT2D eigenvalue weighted by Gasteiger charge is 2.44. The molecule has 0 bridgehead atoms. The fourth-order valence-electron chi connectivity index (χ4n) is 4.14. The highest BCUT2D eigenvalue weighted by molar-refractivity contribution is 6.02. The van der Waals surface area contributed by atoms with E-state index in [9.17, 15) is 4.79 Å². The lowest BCUT2D eigenvalue weighted by molar-refractivity contribution is 0.0454. The van der Waals surface area contributed by atoms with E-state index in [2.05, 4.69) is 24.4 Å². The Hall–Kier alpha value is -3.31. The molecule has 0 aliphatic carbocycles. The van der Waals surface area contributed by atoms with Crippen LogP contribution in [-0.2, 0) is 16.9 Å². The predicted octanol–water partition coefficient (Wildman–Crippen LogP) is 5.04. The zero-order chi connectivity index (χ0) is 21.7. The summed E-state index contributed by atoms with van der Waals surface area (Å²) in [5.74, 6) is 0.810. The van der Waals surface area contributed by atoms with Gasteiger partial charge in [0.05, 0.1) is 12.2 Å². The van der Waals surface area contributed by atoms with Crippen LogP contribution in [0.4, 0.5) is 5.69 Å². The second-order valence-corrected chi connectivity index (χ2v) is 7.63. The quantitative estimate of drug-likeness (QED) is 0.523. The lowest BCUT2D eigenvalue weighted by Crippen LogP contribution is -2.56. The number of benzene rings is 3. The van der Waals surface area contributed by atoms with Crippen molar-refractivity contribution in [1.29, 1.82) is 0 Å². The van der Waals surface area contributed by atoms with Crippen LogP contribution >= 0.6 is 0 Å². The number of amides is 1. The molecule has 31 heavy (non-hydrogen) atoms. The van der Waals surface area contributed by atoms with Gasteiger partial charge in [0.15, 0.2) is 0 Å². The number of anilines is 1. The molecule has 0 radical (unpaired) electrons. The lowest BCUT2D eigenvalue weighted by Gasteiger charge is -2.48. The van der Waals surface area contributed by atoms with Crippen molar-refractivity contribution < 1.29 is 14.3 Å². The number of ether oxygens (including phenoxy) is 2. The fraction of sp³-hybridized carbons (Fsp3) is 0.269. The molecule has 1 atom stereocenters.